The van der Waals surface area contributed by atoms with Crippen LogP contribution in [0, 0.1) is 5.92 Å². The molecular formula is C18H18O5. The van der Waals surface area contributed by atoms with E-state index in [1.54, 1.807) is 25.3 Å². The maximum atomic E-state index is 12.1. The second-order valence-electron chi connectivity index (χ2n) is 5.54. The van der Waals surface area contributed by atoms with Gasteiger partial charge in [-0.2, -0.15) is 0 Å². The number of benzene rings is 1. The van der Waals surface area contributed by atoms with E-state index >= 15 is 0 Å². The molecule has 23 heavy (non-hydrogen) atoms. The van der Waals surface area contributed by atoms with Crippen LogP contribution in [-0.2, 0) is 16.1 Å². The summed E-state index contributed by atoms with van der Waals surface area (Å²) in [5, 5.41) is 0.738. The van der Waals surface area contributed by atoms with Crippen molar-refractivity contribution < 1.29 is 18.7 Å². The van der Waals surface area contributed by atoms with Crippen molar-refractivity contribution in [1.82, 2.24) is 0 Å². The second kappa shape index (κ2) is 6.69. The van der Waals surface area contributed by atoms with Crippen molar-refractivity contribution in [3.8, 4) is 5.75 Å². The number of carbonyl (C=O) groups is 1. The SMILES string of the molecule is COc1ccc2c(COC(=O)C3CC=CCC3)cc(=O)oc2c1. The van der Waals surface area contributed by atoms with Gasteiger partial charge in [0.2, 0.25) is 0 Å². The fourth-order valence-corrected chi connectivity index (χ4v) is 2.73. The van der Waals surface area contributed by atoms with Crippen molar-refractivity contribution in [1.29, 1.82) is 0 Å². The molecular weight excluding hydrogens is 296 g/mol. The quantitative estimate of drug-likeness (QED) is 0.492. The van der Waals surface area contributed by atoms with Crippen LogP contribution in [0.25, 0.3) is 11.0 Å². The van der Waals surface area contributed by atoms with E-state index in [-0.39, 0.29) is 18.5 Å². The van der Waals surface area contributed by atoms with Gasteiger partial charge in [0, 0.05) is 23.1 Å². The van der Waals surface area contributed by atoms with Crippen LogP contribution in [0.5, 0.6) is 5.75 Å². The molecule has 0 spiro atoms. The van der Waals surface area contributed by atoms with Crippen LogP contribution in [0.15, 0.2) is 45.6 Å². The Morgan fingerprint density at radius 1 is 1.30 bits per heavy atom. The minimum Gasteiger partial charge on any atom is -0.497 e. The zero-order chi connectivity index (χ0) is 16.2. The molecule has 0 fully saturated rings. The number of esters is 1. The Hall–Kier alpha value is -2.56. The fourth-order valence-electron chi connectivity index (χ4n) is 2.73. The molecule has 0 saturated carbocycles. The second-order valence-corrected chi connectivity index (χ2v) is 5.54. The zero-order valence-corrected chi connectivity index (χ0v) is 12.9. The van der Waals surface area contributed by atoms with E-state index in [0.717, 1.165) is 18.2 Å². The van der Waals surface area contributed by atoms with E-state index in [9.17, 15) is 9.59 Å². The average Bonchev–Trinajstić information content (AvgIpc) is 2.59. The minimum absolute atomic E-state index is 0.0630. The van der Waals surface area contributed by atoms with E-state index in [1.807, 2.05) is 6.08 Å². The van der Waals surface area contributed by atoms with Crippen LogP contribution >= 0.6 is 0 Å². The summed E-state index contributed by atoms with van der Waals surface area (Å²) in [6.07, 6.45) is 6.51. The molecule has 1 unspecified atom stereocenters. The maximum Gasteiger partial charge on any atom is 0.336 e. The number of rotatable bonds is 4. The van der Waals surface area contributed by atoms with Gasteiger partial charge in [0.25, 0.3) is 0 Å². The fraction of sp³-hybridized carbons (Fsp3) is 0.333. The van der Waals surface area contributed by atoms with E-state index in [4.69, 9.17) is 13.9 Å². The lowest BCUT2D eigenvalue weighted by Gasteiger charge is -2.16. The van der Waals surface area contributed by atoms with Crippen LogP contribution < -0.4 is 10.4 Å². The van der Waals surface area contributed by atoms with Crippen LogP contribution in [0.2, 0.25) is 0 Å². The summed E-state index contributed by atoms with van der Waals surface area (Å²) in [5.74, 6) is 0.291. The van der Waals surface area contributed by atoms with Gasteiger partial charge in [0.1, 0.15) is 17.9 Å². The highest BCUT2D eigenvalue weighted by atomic mass is 16.5. The first kappa shape index (κ1) is 15.3. The molecule has 2 aromatic rings. The molecule has 5 nitrogen and oxygen atoms in total. The van der Waals surface area contributed by atoms with Crippen molar-refractivity contribution in [2.24, 2.45) is 5.92 Å². The Labute approximate surface area is 133 Å². The average molecular weight is 314 g/mol. The summed E-state index contributed by atoms with van der Waals surface area (Å²) in [5.41, 5.74) is 0.583. The Morgan fingerprint density at radius 3 is 2.91 bits per heavy atom. The van der Waals surface area contributed by atoms with Crippen molar-refractivity contribution in [3.05, 3.63) is 52.4 Å². The molecule has 1 aromatic heterocycles. The summed E-state index contributed by atoms with van der Waals surface area (Å²) >= 11 is 0. The molecule has 120 valence electrons. The minimum atomic E-state index is -0.475. The van der Waals surface area contributed by atoms with Crippen molar-refractivity contribution in [3.63, 3.8) is 0 Å². The number of carbonyl (C=O) groups excluding carboxylic acids is 1. The monoisotopic (exact) mass is 314 g/mol. The number of ether oxygens (including phenoxy) is 2. The molecule has 3 rings (SSSR count). The van der Waals surface area contributed by atoms with Gasteiger partial charge in [-0.05, 0) is 31.4 Å². The first-order valence-corrected chi connectivity index (χ1v) is 7.60. The van der Waals surface area contributed by atoms with Gasteiger partial charge in [-0.1, -0.05) is 12.2 Å². The van der Waals surface area contributed by atoms with E-state index in [2.05, 4.69) is 6.08 Å². The highest BCUT2D eigenvalue weighted by Crippen LogP contribution is 2.24. The molecule has 0 amide bonds. The number of fused-ring (bicyclic) bond motifs is 1. The van der Waals surface area contributed by atoms with Gasteiger partial charge in [-0.25, -0.2) is 4.79 Å². The van der Waals surface area contributed by atoms with Crippen LogP contribution in [0.1, 0.15) is 24.8 Å². The Morgan fingerprint density at radius 2 is 2.17 bits per heavy atom. The molecule has 1 heterocycles. The van der Waals surface area contributed by atoms with Gasteiger partial charge >= 0.3 is 11.6 Å². The van der Waals surface area contributed by atoms with E-state index in [0.29, 0.717) is 23.3 Å². The Bertz CT molecular complexity index is 803. The van der Waals surface area contributed by atoms with Gasteiger partial charge in [-0.15, -0.1) is 0 Å². The highest BCUT2D eigenvalue weighted by Gasteiger charge is 2.20. The smallest absolute Gasteiger partial charge is 0.336 e. The van der Waals surface area contributed by atoms with Crippen LogP contribution in [0.4, 0.5) is 0 Å². The van der Waals surface area contributed by atoms with Crippen LogP contribution in [0.3, 0.4) is 0 Å². The third-order valence-corrected chi connectivity index (χ3v) is 4.01. The summed E-state index contributed by atoms with van der Waals surface area (Å²) < 4.78 is 15.7. The molecule has 1 aliphatic rings. The molecule has 0 radical (unpaired) electrons. The molecule has 0 saturated heterocycles. The van der Waals surface area contributed by atoms with Gasteiger partial charge in [-0.3, -0.25) is 4.79 Å². The number of allylic oxidation sites excluding steroid dienone is 2. The van der Waals surface area contributed by atoms with E-state index < -0.39 is 5.63 Å². The molecule has 5 heteroatoms. The molecule has 0 N–H and O–H groups in total. The standard InChI is InChI=1S/C18H18O5/c1-21-14-7-8-15-13(9-17(19)23-16(15)10-14)11-22-18(20)12-5-3-2-4-6-12/h2-3,7-10,12H,4-6,11H2,1H3. The molecule has 0 bridgehead atoms. The lowest BCUT2D eigenvalue weighted by Crippen LogP contribution is -2.19. The van der Waals surface area contributed by atoms with Gasteiger partial charge < -0.3 is 13.9 Å². The molecule has 1 aliphatic carbocycles. The summed E-state index contributed by atoms with van der Waals surface area (Å²) in [4.78, 5) is 23.8. The van der Waals surface area contributed by atoms with Gasteiger partial charge in [0.15, 0.2) is 0 Å². The molecule has 1 aromatic carbocycles. The van der Waals surface area contributed by atoms with Crippen LogP contribution in [-0.4, -0.2) is 13.1 Å². The van der Waals surface area contributed by atoms with Crippen molar-refractivity contribution in [2.75, 3.05) is 7.11 Å². The number of methoxy groups -OCH3 is 1. The van der Waals surface area contributed by atoms with E-state index in [1.165, 1.54) is 6.07 Å². The lowest BCUT2D eigenvalue weighted by atomic mass is 9.95. The maximum absolute atomic E-state index is 12.1. The third kappa shape index (κ3) is 3.44. The largest absolute Gasteiger partial charge is 0.497 e. The predicted octanol–water partition coefficient (Wildman–Crippen LogP) is 3.20. The topological polar surface area (TPSA) is 65.7 Å². The molecule has 0 aliphatic heterocycles. The summed E-state index contributed by atoms with van der Waals surface area (Å²) in [6, 6.07) is 6.58. The first-order chi connectivity index (χ1) is 11.2. The molecule has 1 atom stereocenters. The highest BCUT2D eigenvalue weighted by molar-refractivity contribution is 5.82. The van der Waals surface area contributed by atoms with Gasteiger partial charge in [0.05, 0.1) is 13.0 Å². The summed E-state index contributed by atoms with van der Waals surface area (Å²) in [7, 11) is 1.55. The Balaban J connectivity index is 1.80. The normalized spacial score (nSPS) is 17.2. The number of hydrogen-bond acceptors (Lipinski definition) is 5. The zero-order valence-electron chi connectivity index (χ0n) is 12.9. The summed E-state index contributed by atoms with van der Waals surface area (Å²) in [6.45, 7) is 0.0630. The number of hydrogen-bond donors (Lipinski definition) is 0. The lowest BCUT2D eigenvalue weighted by molar-refractivity contribution is -0.150. The third-order valence-electron chi connectivity index (χ3n) is 4.01. The van der Waals surface area contributed by atoms with Crippen molar-refractivity contribution >= 4 is 16.9 Å². The first-order valence-electron chi connectivity index (χ1n) is 7.60. The van der Waals surface area contributed by atoms with Crippen molar-refractivity contribution in [2.45, 2.75) is 25.9 Å². The Kier molecular flexibility index (Phi) is 4.46. The predicted molar refractivity (Wildman–Crippen MR) is 85.3 cm³/mol.